The minimum Gasteiger partial charge on any atom is -0.508 e. The normalized spacial score (nSPS) is 28.8. The zero-order valence-corrected chi connectivity index (χ0v) is 10.4. The van der Waals surface area contributed by atoms with E-state index in [9.17, 15) is 5.11 Å². The lowest BCUT2D eigenvalue weighted by atomic mass is 10.0. The van der Waals surface area contributed by atoms with Gasteiger partial charge in [-0.15, -0.1) is 12.4 Å². The Morgan fingerprint density at radius 1 is 1.50 bits per heavy atom. The van der Waals surface area contributed by atoms with Crippen molar-refractivity contribution < 1.29 is 9.84 Å². The molecule has 0 aromatic heterocycles. The number of aromatic hydroxyl groups is 1. The summed E-state index contributed by atoms with van der Waals surface area (Å²) in [5, 5.41) is 13.0. The smallest absolute Gasteiger partial charge is 0.120 e. The molecule has 2 N–H and O–H groups in total. The summed E-state index contributed by atoms with van der Waals surface area (Å²) < 4.78 is 5.69. The number of rotatable bonds is 2. The number of ether oxygens (including phenoxy) is 1. The van der Waals surface area contributed by atoms with E-state index < -0.39 is 0 Å². The summed E-state index contributed by atoms with van der Waals surface area (Å²) >= 11 is 0. The molecule has 2 rings (SSSR count). The fourth-order valence-electron chi connectivity index (χ4n) is 2.04. The Hall–Kier alpha value is -0.770. The van der Waals surface area contributed by atoms with Crippen LogP contribution in [0, 0.1) is 0 Å². The van der Waals surface area contributed by atoms with Crippen molar-refractivity contribution in [3.63, 3.8) is 0 Å². The van der Waals surface area contributed by atoms with E-state index in [4.69, 9.17) is 4.74 Å². The third-order valence-electron chi connectivity index (χ3n) is 2.72. The lowest BCUT2D eigenvalue weighted by molar-refractivity contribution is 0.00649. The molecule has 1 aromatic carbocycles. The molecule has 0 amide bonds. The fourth-order valence-corrected chi connectivity index (χ4v) is 2.04. The molecule has 1 fully saturated rings. The SMILES string of the molecule is CC1COC(C)(Cc2ccccc2O)N1.Cl. The van der Waals surface area contributed by atoms with Crippen molar-refractivity contribution >= 4 is 12.4 Å². The van der Waals surface area contributed by atoms with Gasteiger partial charge in [-0.25, -0.2) is 0 Å². The minimum atomic E-state index is -0.349. The number of para-hydroxylation sites is 1. The molecule has 2 unspecified atom stereocenters. The highest BCUT2D eigenvalue weighted by Gasteiger charge is 2.33. The lowest BCUT2D eigenvalue weighted by Crippen LogP contribution is -2.42. The van der Waals surface area contributed by atoms with Gasteiger partial charge in [-0.2, -0.15) is 0 Å². The number of phenolic OH excluding ortho intramolecular Hbond substituents is 1. The van der Waals surface area contributed by atoms with Gasteiger partial charge in [0, 0.05) is 12.5 Å². The van der Waals surface area contributed by atoms with Crippen LogP contribution in [0.25, 0.3) is 0 Å². The lowest BCUT2D eigenvalue weighted by Gasteiger charge is -2.24. The van der Waals surface area contributed by atoms with Crippen LogP contribution in [0.2, 0.25) is 0 Å². The molecule has 16 heavy (non-hydrogen) atoms. The van der Waals surface area contributed by atoms with Crippen molar-refractivity contribution in [2.24, 2.45) is 0 Å². The fraction of sp³-hybridized carbons (Fsp3) is 0.500. The van der Waals surface area contributed by atoms with Crippen LogP contribution in [0.4, 0.5) is 0 Å². The Morgan fingerprint density at radius 3 is 2.75 bits per heavy atom. The quantitative estimate of drug-likeness (QED) is 0.836. The third-order valence-corrected chi connectivity index (χ3v) is 2.72. The second-order valence-electron chi connectivity index (χ2n) is 4.39. The number of phenols is 1. The van der Waals surface area contributed by atoms with Crippen molar-refractivity contribution in [1.29, 1.82) is 0 Å². The van der Waals surface area contributed by atoms with Crippen molar-refractivity contribution in [2.75, 3.05) is 6.61 Å². The molecular weight excluding hydrogens is 226 g/mol. The highest BCUT2D eigenvalue weighted by Crippen LogP contribution is 2.25. The summed E-state index contributed by atoms with van der Waals surface area (Å²) in [4.78, 5) is 0. The third kappa shape index (κ3) is 2.88. The maximum Gasteiger partial charge on any atom is 0.120 e. The van der Waals surface area contributed by atoms with Gasteiger partial charge in [-0.1, -0.05) is 18.2 Å². The van der Waals surface area contributed by atoms with Crippen molar-refractivity contribution in [2.45, 2.75) is 32.0 Å². The largest absolute Gasteiger partial charge is 0.508 e. The molecule has 1 heterocycles. The first-order valence-corrected chi connectivity index (χ1v) is 5.28. The van der Waals surface area contributed by atoms with Crippen molar-refractivity contribution in [3.05, 3.63) is 29.8 Å². The van der Waals surface area contributed by atoms with Crippen LogP contribution in [0.5, 0.6) is 5.75 Å². The van der Waals surface area contributed by atoms with E-state index in [2.05, 4.69) is 12.2 Å². The molecule has 90 valence electrons. The number of hydrogen-bond donors (Lipinski definition) is 2. The average molecular weight is 244 g/mol. The first-order chi connectivity index (χ1) is 7.09. The highest BCUT2D eigenvalue weighted by atomic mass is 35.5. The maximum atomic E-state index is 9.67. The number of nitrogens with one attached hydrogen (secondary N) is 1. The van der Waals surface area contributed by atoms with Crippen LogP contribution in [0.1, 0.15) is 19.4 Å². The monoisotopic (exact) mass is 243 g/mol. The molecule has 0 bridgehead atoms. The van der Waals surface area contributed by atoms with E-state index in [1.807, 2.05) is 25.1 Å². The van der Waals surface area contributed by atoms with E-state index in [1.54, 1.807) is 6.07 Å². The predicted octanol–water partition coefficient (Wildman–Crippen LogP) is 2.08. The molecule has 1 aliphatic heterocycles. The van der Waals surface area contributed by atoms with Crippen molar-refractivity contribution in [1.82, 2.24) is 5.32 Å². The number of hydrogen-bond acceptors (Lipinski definition) is 3. The van der Waals surface area contributed by atoms with Gasteiger partial charge < -0.3 is 9.84 Å². The number of halogens is 1. The summed E-state index contributed by atoms with van der Waals surface area (Å²) in [5.41, 5.74) is 0.569. The summed E-state index contributed by atoms with van der Waals surface area (Å²) in [7, 11) is 0. The Morgan fingerprint density at radius 2 is 2.19 bits per heavy atom. The molecule has 2 atom stereocenters. The highest BCUT2D eigenvalue weighted by molar-refractivity contribution is 5.85. The predicted molar refractivity (Wildman–Crippen MR) is 66.0 cm³/mol. The van der Waals surface area contributed by atoms with Crippen LogP contribution < -0.4 is 5.32 Å². The summed E-state index contributed by atoms with van der Waals surface area (Å²) in [5.74, 6) is 0.337. The van der Waals surface area contributed by atoms with E-state index >= 15 is 0 Å². The average Bonchev–Trinajstić information content (AvgIpc) is 2.51. The van der Waals surface area contributed by atoms with Gasteiger partial charge in [0.15, 0.2) is 0 Å². The maximum absolute atomic E-state index is 9.67. The summed E-state index contributed by atoms with van der Waals surface area (Å²) in [6.07, 6.45) is 0.685. The van der Waals surface area contributed by atoms with Crippen LogP contribution in [0.3, 0.4) is 0 Å². The van der Waals surface area contributed by atoms with Gasteiger partial charge >= 0.3 is 0 Å². The van der Waals surface area contributed by atoms with Gasteiger partial charge in [0.25, 0.3) is 0 Å². The summed E-state index contributed by atoms with van der Waals surface area (Å²) in [6, 6.07) is 7.76. The topological polar surface area (TPSA) is 41.5 Å². The zero-order chi connectivity index (χ0) is 10.9. The van der Waals surface area contributed by atoms with Crippen LogP contribution >= 0.6 is 12.4 Å². The Kier molecular flexibility index (Phi) is 4.19. The molecule has 4 heteroatoms. The summed E-state index contributed by atoms with van der Waals surface area (Å²) in [6.45, 7) is 4.84. The first kappa shape index (κ1) is 13.3. The molecule has 0 saturated carbocycles. The molecule has 0 aliphatic carbocycles. The molecule has 1 saturated heterocycles. The van der Waals surface area contributed by atoms with E-state index in [1.165, 1.54) is 0 Å². The first-order valence-electron chi connectivity index (χ1n) is 5.28. The van der Waals surface area contributed by atoms with E-state index in [-0.39, 0.29) is 18.1 Å². The second-order valence-corrected chi connectivity index (χ2v) is 4.39. The molecular formula is C12H18ClNO2. The van der Waals surface area contributed by atoms with Crippen LogP contribution in [0.15, 0.2) is 24.3 Å². The zero-order valence-electron chi connectivity index (χ0n) is 9.56. The van der Waals surface area contributed by atoms with E-state index in [0.717, 1.165) is 12.2 Å². The Labute approximate surface area is 102 Å². The number of benzene rings is 1. The molecule has 3 nitrogen and oxygen atoms in total. The van der Waals surface area contributed by atoms with Crippen LogP contribution in [-0.2, 0) is 11.2 Å². The van der Waals surface area contributed by atoms with Gasteiger partial charge in [-0.3, -0.25) is 5.32 Å². The second kappa shape index (κ2) is 5.04. The molecule has 0 radical (unpaired) electrons. The van der Waals surface area contributed by atoms with Gasteiger partial charge in [-0.05, 0) is 25.5 Å². The van der Waals surface area contributed by atoms with E-state index in [0.29, 0.717) is 18.2 Å². The minimum absolute atomic E-state index is 0. The molecule has 1 aliphatic rings. The molecule has 0 spiro atoms. The van der Waals surface area contributed by atoms with Gasteiger partial charge in [0.05, 0.1) is 6.61 Å². The standard InChI is InChI=1S/C12H17NO2.ClH/c1-9-8-15-12(2,13-9)7-10-5-3-4-6-11(10)14;/h3-6,9,13-14H,7-8H2,1-2H3;1H. The van der Waals surface area contributed by atoms with Crippen LogP contribution in [-0.4, -0.2) is 23.5 Å². The van der Waals surface area contributed by atoms with Crippen molar-refractivity contribution in [3.8, 4) is 5.75 Å². The van der Waals surface area contributed by atoms with Gasteiger partial charge in [0.2, 0.25) is 0 Å². The van der Waals surface area contributed by atoms with Gasteiger partial charge in [0.1, 0.15) is 11.5 Å². The molecule has 1 aromatic rings. The Bertz CT molecular complexity index is 359. The Balaban J connectivity index is 0.00000128.